The number of aromatic nitrogens is 2. The number of fused-ring (bicyclic) bond motifs is 1. The van der Waals surface area contributed by atoms with Gasteiger partial charge in [0.1, 0.15) is 0 Å². The van der Waals surface area contributed by atoms with Crippen LogP contribution in [0.25, 0.3) is 10.9 Å². The molecule has 6 heteroatoms. The SMILES string of the molecule is CCCc1cccc2[nH]c(=O)c(NC(=O)c3ccncc3)c(O)c12. The van der Waals surface area contributed by atoms with Crippen molar-refractivity contribution in [2.45, 2.75) is 19.8 Å². The third-order valence-corrected chi connectivity index (χ3v) is 3.80. The number of hydrogen-bond acceptors (Lipinski definition) is 4. The van der Waals surface area contributed by atoms with Crippen molar-refractivity contribution in [3.63, 3.8) is 0 Å². The Hall–Kier alpha value is -3.15. The van der Waals surface area contributed by atoms with Crippen molar-refractivity contribution >= 4 is 22.5 Å². The van der Waals surface area contributed by atoms with Crippen molar-refractivity contribution in [2.24, 2.45) is 0 Å². The molecule has 0 radical (unpaired) electrons. The highest BCUT2D eigenvalue weighted by atomic mass is 16.3. The number of aromatic amines is 1. The fourth-order valence-corrected chi connectivity index (χ4v) is 2.68. The van der Waals surface area contributed by atoms with Crippen LogP contribution in [-0.4, -0.2) is 21.0 Å². The molecule has 0 unspecified atom stereocenters. The van der Waals surface area contributed by atoms with Crippen LogP contribution >= 0.6 is 0 Å². The first-order valence-electron chi connectivity index (χ1n) is 7.70. The van der Waals surface area contributed by atoms with E-state index in [4.69, 9.17) is 0 Å². The molecule has 0 spiro atoms. The molecular formula is C18H17N3O3. The van der Waals surface area contributed by atoms with Gasteiger partial charge in [-0.25, -0.2) is 0 Å². The van der Waals surface area contributed by atoms with Gasteiger partial charge in [-0.1, -0.05) is 25.5 Å². The Bertz CT molecular complexity index is 949. The molecule has 1 aromatic carbocycles. The number of H-pyrrole nitrogens is 1. The first kappa shape index (κ1) is 15.7. The van der Waals surface area contributed by atoms with E-state index in [1.807, 2.05) is 19.1 Å². The first-order valence-corrected chi connectivity index (χ1v) is 7.70. The molecule has 2 aromatic heterocycles. The molecule has 0 saturated carbocycles. The van der Waals surface area contributed by atoms with E-state index in [-0.39, 0.29) is 11.4 Å². The monoisotopic (exact) mass is 323 g/mol. The number of hydrogen-bond donors (Lipinski definition) is 3. The number of pyridine rings is 2. The lowest BCUT2D eigenvalue weighted by molar-refractivity contribution is 0.102. The molecule has 0 bridgehead atoms. The number of aromatic hydroxyl groups is 1. The van der Waals surface area contributed by atoms with Gasteiger partial charge in [-0.2, -0.15) is 0 Å². The Kier molecular flexibility index (Phi) is 4.29. The van der Waals surface area contributed by atoms with Crippen LogP contribution in [0.1, 0.15) is 29.3 Å². The molecule has 3 N–H and O–H groups in total. The Morgan fingerprint density at radius 1 is 1.25 bits per heavy atom. The van der Waals surface area contributed by atoms with E-state index in [1.54, 1.807) is 6.07 Å². The molecule has 1 amide bonds. The second-order valence-electron chi connectivity index (χ2n) is 5.46. The third-order valence-electron chi connectivity index (χ3n) is 3.80. The average Bonchev–Trinajstić information content (AvgIpc) is 2.59. The zero-order chi connectivity index (χ0) is 17.1. The standard InChI is InChI=1S/C18H17N3O3/c1-2-4-11-5-3-6-13-14(11)16(22)15(18(24)20-13)21-17(23)12-7-9-19-10-8-12/h3,5-10H,2,4H2,1H3,(H,21,23)(H2,20,22,24). The summed E-state index contributed by atoms with van der Waals surface area (Å²) in [5.41, 5.74) is 1.13. The maximum absolute atomic E-state index is 12.3. The number of aryl methyl sites for hydroxylation is 1. The lowest BCUT2D eigenvalue weighted by Gasteiger charge is -2.12. The third kappa shape index (κ3) is 2.86. The van der Waals surface area contributed by atoms with Gasteiger partial charge in [-0.05, 0) is 30.2 Å². The summed E-state index contributed by atoms with van der Waals surface area (Å²) in [6, 6.07) is 8.52. The summed E-state index contributed by atoms with van der Waals surface area (Å²) in [4.78, 5) is 31.1. The minimum Gasteiger partial charge on any atom is -0.505 e. The summed E-state index contributed by atoms with van der Waals surface area (Å²) < 4.78 is 0. The van der Waals surface area contributed by atoms with Gasteiger partial charge in [0.05, 0.1) is 5.52 Å². The van der Waals surface area contributed by atoms with E-state index in [2.05, 4.69) is 15.3 Å². The van der Waals surface area contributed by atoms with E-state index < -0.39 is 11.5 Å². The minimum absolute atomic E-state index is 0.145. The lowest BCUT2D eigenvalue weighted by atomic mass is 10.0. The Balaban J connectivity index is 2.10. The second kappa shape index (κ2) is 6.54. The summed E-state index contributed by atoms with van der Waals surface area (Å²) in [5, 5.41) is 13.6. The number of amides is 1. The molecule has 2 heterocycles. The van der Waals surface area contributed by atoms with Crippen molar-refractivity contribution in [1.29, 1.82) is 0 Å². The average molecular weight is 323 g/mol. The van der Waals surface area contributed by atoms with E-state index >= 15 is 0 Å². The molecule has 6 nitrogen and oxygen atoms in total. The highest BCUT2D eigenvalue weighted by Crippen LogP contribution is 2.32. The molecule has 0 saturated heterocycles. The molecular weight excluding hydrogens is 306 g/mol. The van der Waals surface area contributed by atoms with Crippen molar-refractivity contribution in [2.75, 3.05) is 5.32 Å². The predicted octanol–water partition coefficient (Wildman–Crippen LogP) is 2.83. The number of rotatable bonds is 4. The van der Waals surface area contributed by atoms with E-state index in [0.717, 1.165) is 18.4 Å². The zero-order valence-corrected chi connectivity index (χ0v) is 13.2. The Morgan fingerprint density at radius 2 is 2.00 bits per heavy atom. The van der Waals surface area contributed by atoms with E-state index in [1.165, 1.54) is 24.5 Å². The lowest BCUT2D eigenvalue weighted by Crippen LogP contribution is -2.20. The highest BCUT2D eigenvalue weighted by molar-refractivity contribution is 6.06. The summed E-state index contributed by atoms with van der Waals surface area (Å²) in [7, 11) is 0. The molecule has 24 heavy (non-hydrogen) atoms. The van der Waals surface area contributed by atoms with Crippen LogP contribution < -0.4 is 10.9 Å². The van der Waals surface area contributed by atoms with E-state index in [0.29, 0.717) is 16.5 Å². The van der Waals surface area contributed by atoms with Crippen LogP contribution in [0.15, 0.2) is 47.5 Å². The molecule has 0 aliphatic rings. The van der Waals surface area contributed by atoms with Gasteiger partial charge in [0.2, 0.25) is 0 Å². The van der Waals surface area contributed by atoms with Crippen LogP contribution in [-0.2, 0) is 6.42 Å². The number of benzene rings is 1. The number of carbonyl (C=O) groups is 1. The molecule has 3 rings (SSSR count). The largest absolute Gasteiger partial charge is 0.505 e. The van der Waals surface area contributed by atoms with Crippen molar-refractivity contribution < 1.29 is 9.90 Å². The molecule has 0 aliphatic carbocycles. The van der Waals surface area contributed by atoms with Crippen LogP contribution in [0.3, 0.4) is 0 Å². The molecule has 3 aromatic rings. The van der Waals surface area contributed by atoms with Gasteiger partial charge in [0, 0.05) is 23.3 Å². The number of nitrogens with one attached hydrogen (secondary N) is 2. The molecule has 0 atom stereocenters. The fourth-order valence-electron chi connectivity index (χ4n) is 2.68. The molecule has 0 fully saturated rings. The quantitative estimate of drug-likeness (QED) is 0.688. The van der Waals surface area contributed by atoms with Crippen molar-refractivity contribution in [3.05, 3.63) is 64.2 Å². The van der Waals surface area contributed by atoms with Crippen LogP contribution in [0.5, 0.6) is 5.75 Å². The topological polar surface area (TPSA) is 95.1 Å². The normalized spacial score (nSPS) is 10.7. The first-order chi connectivity index (χ1) is 11.6. The summed E-state index contributed by atoms with van der Waals surface area (Å²) in [6.07, 6.45) is 4.63. The predicted molar refractivity (Wildman–Crippen MR) is 92.4 cm³/mol. The molecule has 0 aliphatic heterocycles. The minimum atomic E-state index is -0.545. The van der Waals surface area contributed by atoms with Gasteiger partial charge in [0.15, 0.2) is 11.4 Å². The summed E-state index contributed by atoms with van der Waals surface area (Å²) in [5.74, 6) is -0.689. The zero-order valence-electron chi connectivity index (χ0n) is 13.2. The van der Waals surface area contributed by atoms with Crippen LogP contribution in [0.4, 0.5) is 5.69 Å². The summed E-state index contributed by atoms with van der Waals surface area (Å²) in [6.45, 7) is 2.04. The number of nitrogens with zero attached hydrogens (tertiary/aromatic N) is 1. The number of carbonyl (C=O) groups excluding carboxylic acids is 1. The van der Waals surface area contributed by atoms with Gasteiger partial charge < -0.3 is 15.4 Å². The smallest absolute Gasteiger partial charge is 0.276 e. The highest BCUT2D eigenvalue weighted by Gasteiger charge is 2.17. The van der Waals surface area contributed by atoms with Gasteiger partial charge in [-0.3, -0.25) is 14.6 Å². The fraction of sp³-hybridized carbons (Fsp3) is 0.167. The van der Waals surface area contributed by atoms with Crippen molar-refractivity contribution in [3.8, 4) is 5.75 Å². The van der Waals surface area contributed by atoms with Gasteiger partial charge in [0.25, 0.3) is 11.5 Å². The van der Waals surface area contributed by atoms with E-state index in [9.17, 15) is 14.7 Å². The number of anilines is 1. The van der Waals surface area contributed by atoms with Gasteiger partial charge >= 0.3 is 0 Å². The maximum Gasteiger partial charge on any atom is 0.276 e. The van der Waals surface area contributed by atoms with Gasteiger partial charge in [-0.15, -0.1) is 0 Å². The Labute approximate surface area is 138 Å². The Morgan fingerprint density at radius 3 is 2.71 bits per heavy atom. The van der Waals surface area contributed by atoms with Crippen molar-refractivity contribution in [1.82, 2.24) is 9.97 Å². The maximum atomic E-state index is 12.3. The summed E-state index contributed by atoms with van der Waals surface area (Å²) >= 11 is 0. The molecule has 122 valence electrons. The van der Waals surface area contributed by atoms with Crippen LogP contribution in [0, 0.1) is 0 Å². The van der Waals surface area contributed by atoms with Crippen LogP contribution in [0.2, 0.25) is 0 Å². The second-order valence-corrected chi connectivity index (χ2v) is 5.46.